The first-order valence-corrected chi connectivity index (χ1v) is 8.15. The number of alkyl halides is 3. The van der Waals surface area contributed by atoms with Gasteiger partial charge in [-0.3, -0.25) is 9.78 Å². The first-order chi connectivity index (χ1) is 12.9. The number of nitrogens with one attached hydrogen (secondary N) is 1. The van der Waals surface area contributed by atoms with E-state index in [-0.39, 0.29) is 5.56 Å². The zero-order valence-electron chi connectivity index (χ0n) is 13.8. The van der Waals surface area contributed by atoms with Crippen LogP contribution in [0.15, 0.2) is 42.6 Å². The van der Waals surface area contributed by atoms with Crippen molar-refractivity contribution in [2.45, 2.75) is 25.1 Å². The van der Waals surface area contributed by atoms with Gasteiger partial charge in [0.15, 0.2) is 5.82 Å². The first kappa shape index (κ1) is 17.1. The van der Waals surface area contributed by atoms with Gasteiger partial charge in [-0.15, -0.1) is 5.10 Å². The largest absolute Gasteiger partial charge is 0.433 e. The predicted molar refractivity (Wildman–Crippen MR) is 88.7 cm³/mol. The van der Waals surface area contributed by atoms with Gasteiger partial charge in [0.2, 0.25) is 0 Å². The van der Waals surface area contributed by atoms with Crippen LogP contribution < -0.4 is 5.32 Å². The number of carbonyl (C=O) groups excluding carboxylic acids is 1. The molecule has 1 amide bonds. The number of aromatic nitrogens is 5. The van der Waals surface area contributed by atoms with Gasteiger partial charge in [-0.2, -0.15) is 13.2 Å². The second-order valence-electron chi connectivity index (χ2n) is 6.14. The second kappa shape index (κ2) is 6.45. The van der Waals surface area contributed by atoms with E-state index in [2.05, 4.69) is 25.8 Å². The molecular weight excluding hydrogens is 361 g/mol. The summed E-state index contributed by atoms with van der Waals surface area (Å²) >= 11 is 0. The van der Waals surface area contributed by atoms with Crippen LogP contribution in [0.25, 0.3) is 11.4 Å². The minimum atomic E-state index is -4.54. The highest BCUT2D eigenvalue weighted by molar-refractivity contribution is 6.04. The Morgan fingerprint density at radius 2 is 1.85 bits per heavy atom. The molecule has 0 unspecified atom stereocenters. The highest BCUT2D eigenvalue weighted by Gasteiger charge is 2.32. The van der Waals surface area contributed by atoms with Crippen molar-refractivity contribution in [2.75, 3.05) is 5.32 Å². The Labute approximate surface area is 151 Å². The lowest BCUT2D eigenvalue weighted by atomic mass is 10.2. The Morgan fingerprint density at radius 1 is 1.11 bits per heavy atom. The van der Waals surface area contributed by atoms with E-state index >= 15 is 0 Å². The van der Waals surface area contributed by atoms with Crippen LogP contribution in [0.4, 0.5) is 18.9 Å². The molecule has 0 atom stereocenters. The summed E-state index contributed by atoms with van der Waals surface area (Å²) < 4.78 is 39.4. The quantitative estimate of drug-likeness (QED) is 0.757. The number of hydrogen-bond donors (Lipinski definition) is 1. The lowest BCUT2D eigenvalue weighted by Crippen LogP contribution is -2.14. The van der Waals surface area contributed by atoms with Crippen molar-refractivity contribution in [3.63, 3.8) is 0 Å². The summed E-state index contributed by atoms with van der Waals surface area (Å²) in [6.07, 6.45) is -1.54. The number of benzene rings is 1. The second-order valence-corrected chi connectivity index (χ2v) is 6.14. The standard InChI is InChI=1S/C17H13F3N6O/c18-17(19,20)14-8-3-11(9-21-14)16(27)22-12-4-1-10(2-5-12)15-23-24-25-26(15)13-6-7-13/h1-5,8-9,13H,6-7H2,(H,22,27). The average molecular weight is 374 g/mol. The molecule has 27 heavy (non-hydrogen) atoms. The van der Waals surface area contributed by atoms with Gasteiger partial charge in [0.05, 0.1) is 11.6 Å². The lowest BCUT2D eigenvalue weighted by Gasteiger charge is -2.08. The molecule has 0 aliphatic heterocycles. The summed E-state index contributed by atoms with van der Waals surface area (Å²) in [4.78, 5) is 15.5. The number of pyridine rings is 1. The molecule has 2 heterocycles. The number of nitrogens with zero attached hydrogens (tertiary/aromatic N) is 5. The molecule has 138 valence electrons. The molecule has 4 rings (SSSR count). The van der Waals surface area contributed by atoms with Crippen molar-refractivity contribution in [1.82, 2.24) is 25.2 Å². The Bertz CT molecular complexity index is 962. The van der Waals surface area contributed by atoms with E-state index in [0.717, 1.165) is 36.7 Å². The summed E-state index contributed by atoms with van der Waals surface area (Å²) in [7, 11) is 0. The minimum absolute atomic E-state index is 0.0322. The fourth-order valence-corrected chi connectivity index (χ4v) is 2.55. The molecule has 10 heteroatoms. The third-order valence-corrected chi connectivity index (χ3v) is 4.10. The molecule has 1 saturated carbocycles. The van der Waals surface area contributed by atoms with Gasteiger partial charge in [0.1, 0.15) is 5.69 Å². The number of carbonyl (C=O) groups is 1. The highest BCUT2D eigenvalue weighted by atomic mass is 19.4. The molecule has 1 aliphatic rings. The van der Waals surface area contributed by atoms with Crippen LogP contribution in [0.2, 0.25) is 0 Å². The van der Waals surface area contributed by atoms with E-state index in [4.69, 9.17) is 0 Å². The summed E-state index contributed by atoms with van der Waals surface area (Å²) in [5, 5.41) is 14.3. The van der Waals surface area contributed by atoms with Crippen LogP contribution in [0.5, 0.6) is 0 Å². The Hall–Kier alpha value is -3.30. The molecule has 7 nitrogen and oxygen atoms in total. The van der Waals surface area contributed by atoms with E-state index < -0.39 is 17.8 Å². The van der Waals surface area contributed by atoms with Gasteiger partial charge >= 0.3 is 6.18 Å². The molecule has 3 aromatic rings. The van der Waals surface area contributed by atoms with Crippen molar-refractivity contribution < 1.29 is 18.0 Å². The van der Waals surface area contributed by atoms with Gasteiger partial charge in [-0.1, -0.05) is 0 Å². The predicted octanol–water partition coefficient (Wildman–Crippen LogP) is 3.34. The minimum Gasteiger partial charge on any atom is -0.322 e. The number of anilines is 1. The molecule has 1 fully saturated rings. The fourth-order valence-electron chi connectivity index (χ4n) is 2.55. The molecule has 0 bridgehead atoms. The average Bonchev–Trinajstić information content (AvgIpc) is 3.38. The Kier molecular flexibility index (Phi) is 4.09. The normalized spacial score (nSPS) is 14.2. The third kappa shape index (κ3) is 3.64. The maximum absolute atomic E-state index is 12.5. The molecule has 0 saturated heterocycles. The highest BCUT2D eigenvalue weighted by Crippen LogP contribution is 2.36. The van der Waals surface area contributed by atoms with Crippen molar-refractivity contribution in [1.29, 1.82) is 0 Å². The molecule has 1 N–H and O–H groups in total. The molecule has 0 spiro atoms. The van der Waals surface area contributed by atoms with E-state index in [1.54, 1.807) is 28.9 Å². The monoisotopic (exact) mass is 374 g/mol. The van der Waals surface area contributed by atoms with Crippen molar-refractivity contribution >= 4 is 11.6 Å². The molecule has 0 radical (unpaired) electrons. The summed E-state index contributed by atoms with van der Waals surface area (Å²) in [5.74, 6) is 0.106. The van der Waals surface area contributed by atoms with Crippen molar-refractivity contribution in [3.8, 4) is 11.4 Å². The fraction of sp³-hybridized carbons (Fsp3) is 0.235. The van der Waals surface area contributed by atoms with Crippen LogP contribution in [0.3, 0.4) is 0 Å². The maximum Gasteiger partial charge on any atom is 0.433 e. The van der Waals surface area contributed by atoms with Gasteiger partial charge in [0, 0.05) is 17.4 Å². The van der Waals surface area contributed by atoms with Gasteiger partial charge in [-0.25, -0.2) is 4.68 Å². The van der Waals surface area contributed by atoms with Gasteiger partial charge in [0.25, 0.3) is 5.91 Å². The van der Waals surface area contributed by atoms with Gasteiger partial charge in [-0.05, 0) is 59.7 Å². The Balaban J connectivity index is 1.46. The first-order valence-electron chi connectivity index (χ1n) is 8.15. The third-order valence-electron chi connectivity index (χ3n) is 4.10. The Morgan fingerprint density at radius 3 is 2.44 bits per heavy atom. The molecule has 2 aromatic heterocycles. The zero-order chi connectivity index (χ0) is 19.0. The molecule has 1 aliphatic carbocycles. The van der Waals surface area contributed by atoms with E-state index in [9.17, 15) is 18.0 Å². The van der Waals surface area contributed by atoms with Crippen LogP contribution in [-0.2, 0) is 6.18 Å². The van der Waals surface area contributed by atoms with E-state index in [1.165, 1.54) is 0 Å². The van der Waals surface area contributed by atoms with Gasteiger partial charge < -0.3 is 5.32 Å². The van der Waals surface area contributed by atoms with E-state index in [0.29, 0.717) is 17.6 Å². The van der Waals surface area contributed by atoms with Crippen molar-refractivity contribution in [2.24, 2.45) is 0 Å². The number of rotatable bonds is 4. The number of halogens is 3. The van der Waals surface area contributed by atoms with Crippen LogP contribution >= 0.6 is 0 Å². The summed E-state index contributed by atoms with van der Waals surface area (Å²) in [5.41, 5.74) is 0.289. The smallest absolute Gasteiger partial charge is 0.322 e. The van der Waals surface area contributed by atoms with E-state index in [1.807, 2.05) is 0 Å². The molecular formula is C17H13F3N6O. The summed E-state index contributed by atoms with van der Waals surface area (Å²) in [6, 6.07) is 9.09. The van der Waals surface area contributed by atoms with Crippen LogP contribution in [0, 0.1) is 0 Å². The number of tetrazole rings is 1. The van der Waals surface area contributed by atoms with Crippen molar-refractivity contribution in [3.05, 3.63) is 53.9 Å². The number of hydrogen-bond acceptors (Lipinski definition) is 5. The lowest BCUT2D eigenvalue weighted by molar-refractivity contribution is -0.141. The topological polar surface area (TPSA) is 85.6 Å². The van der Waals surface area contributed by atoms with Crippen LogP contribution in [0.1, 0.15) is 34.9 Å². The molecule has 1 aromatic carbocycles. The number of amides is 1. The van der Waals surface area contributed by atoms with Crippen LogP contribution in [-0.4, -0.2) is 31.1 Å². The summed E-state index contributed by atoms with van der Waals surface area (Å²) in [6.45, 7) is 0. The maximum atomic E-state index is 12.5. The zero-order valence-corrected chi connectivity index (χ0v) is 13.8. The SMILES string of the molecule is O=C(Nc1ccc(-c2nnnn2C2CC2)cc1)c1ccc(C(F)(F)F)nc1.